The fourth-order valence-corrected chi connectivity index (χ4v) is 3.49. The smallest absolute Gasteiger partial charge is 0.225 e. The van der Waals surface area contributed by atoms with Gasteiger partial charge in [0.1, 0.15) is 5.75 Å². The lowest BCUT2D eigenvalue weighted by Crippen LogP contribution is -2.13. The van der Waals surface area contributed by atoms with Crippen LogP contribution >= 0.6 is 0 Å². The lowest BCUT2D eigenvalue weighted by Gasteiger charge is -2.07. The van der Waals surface area contributed by atoms with Crippen LogP contribution in [0.3, 0.4) is 0 Å². The average molecular weight is 414 g/mol. The predicted octanol–water partition coefficient (Wildman–Crippen LogP) is 6.15. The van der Waals surface area contributed by atoms with Gasteiger partial charge in [-0.2, -0.15) is 5.10 Å². The van der Waals surface area contributed by atoms with E-state index in [0.717, 1.165) is 27.8 Å². The molecule has 3 aromatic carbocycles. The van der Waals surface area contributed by atoms with Gasteiger partial charge < -0.3 is 10.1 Å². The Morgan fingerprint density at radius 2 is 1.74 bits per heavy atom. The molecule has 4 rings (SSSR count). The number of carbonyl (C=O) groups is 1. The van der Waals surface area contributed by atoms with Crippen molar-refractivity contribution in [1.82, 2.24) is 10.2 Å². The first-order valence-corrected chi connectivity index (χ1v) is 10.7. The molecule has 1 aromatic heterocycles. The number of H-pyrrole nitrogens is 1. The molecule has 0 aliphatic heterocycles. The van der Waals surface area contributed by atoms with Crippen LogP contribution in [0.4, 0.5) is 5.82 Å². The minimum Gasteiger partial charge on any atom is -0.494 e. The number of para-hydroxylation sites is 1. The lowest BCUT2D eigenvalue weighted by molar-refractivity contribution is -0.116. The third kappa shape index (κ3) is 5.12. The molecule has 0 unspecified atom stereocenters. The Bertz CT molecular complexity index is 1150. The van der Waals surface area contributed by atoms with E-state index in [2.05, 4.69) is 65.8 Å². The summed E-state index contributed by atoms with van der Waals surface area (Å²) in [5.41, 5.74) is 4.49. The Morgan fingerprint density at radius 1 is 1.00 bits per heavy atom. The van der Waals surface area contributed by atoms with Gasteiger partial charge in [-0.15, -0.1) is 0 Å². The maximum Gasteiger partial charge on any atom is 0.225 e. The van der Waals surface area contributed by atoms with E-state index >= 15 is 0 Å². The zero-order valence-electron chi connectivity index (χ0n) is 17.9. The van der Waals surface area contributed by atoms with Gasteiger partial charge in [0.15, 0.2) is 5.82 Å². The first-order valence-electron chi connectivity index (χ1n) is 10.7. The van der Waals surface area contributed by atoms with Crippen molar-refractivity contribution in [3.05, 3.63) is 78.4 Å². The number of aromatic nitrogens is 2. The molecule has 1 amide bonds. The van der Waals surface area contributed by atoms with Gasteiger partial charge in [-0.3, -0.25) is 9.89 Å². The van der Waals surface area contributed by atoms with Gasteiger partial charge >= 0.3 is 0 Å². The quantitative estimate of drug-likeness (QED) is 0.340. The largest absolute Gasteiger partial charge is 0.494 e. The number of carbonyl (C=O) groups excluding carboxylic acids is 1. The van der Waals surface area contributed by atoms with Crippen molar-refractivity contribution < 1.29 is 9.53 Å². The molecule has 0 bridgehead atoms. The zero-order chi connectivity index (χ0) is 21.6. The van der Waals surface area contributed by atoms with E-state index in [1.165, 1.54) is 5.56 Å². The molecule has 0 aliphatic carbocycles. The monoisotopic (exact) mass is 413 g/mol. The molecule has 158 valence electrons. The summed E-state index contributed by atoms with van der Waals surface area (Å²) in [4.78, 5) is 12.3. The van der Waals surface area contributed by atoms with Gasteiger partial charge in [-0.05, 0) is 53.3 Å². The van der Waals surface area contributed by atoms with E-state index in [1.54, 1.807) is 0 Å². The summed E-state index contributed by atoms with van der Waals surface area (Å²) < 4.78 is 5.64. The van der Waals surface area contributed by atoms with Crippen molar-refractivity contribution in [3.63, 3.8) is 0 Å². The molecule has 0 fully saturated rings. The maximum absolute atomic E-state index is 12.3. The number of benzene rings is 3. The molecule has 1 heterocycles. The summed E-state index contributed by atoms with van der Waals surface area (Å²) in [7, 11) is 0. The molecule has 5 heteroatoms. The molecule has 31 heavy (non-hydrogen) atoms. The zero-order valence-corrected chi connectivity index (χ0v) is 17.9. The molecular weight excluding hydrogens is 386 g/mol. The Morgan fingerprint density at radius 3 is 2.48 bits per heavy atom. The summed E-state index contributed by atoms with van der Waals surface area (Å²) in [6.07, 6.45) is 1.01. The fourth-order valence-electron chi connectivity index (χ4n) is 3.49. The Kier molecular flexibility index (Phi) is 6.32. The van der Waals surface area contributed by atoms with Crippen molar-refractivity contribution in [3.8, 4) is 16.9 Å². The Labute approximate surface area is 182 Å². The summed E-state index contributed by atoms with van der Waals surface area (Å²) in [5, 5.41) is 11.1. The highest BCUT2D eigenvalue weighted by Crippen LogP contribution is 2.28. The van der Waals surface area contributed by atoms with Crippen LogP contribution in [-0.4, -0.2) is 22.7 Å². The Hall–Kier alpha value is -3.60. The van der Waals surface area contributed by atoms with Crippen molar-refractivity contribution in [2.75, 3.05) is 11.9 Å². The van der Waals surface area contributed by atoms with Gasteiger partial charge in [0.25, 0.3) is 0 Å². The van der Waals surface area contributed by atoms with Crippen molar-refractivity contribution in [2.45, 2.75) is 32.6 Å². The van der Waals surface area contributed by atoms with Gasteiger partial charge in [-0.25, -0.2) is 0 Å². The highest BCUT2D eigenvalue weighted by Gasteiger charge is 2.11. The van der Waals surface area contributed by atoms with E-state index in [1.807, 2.05) is 36.4 Å². The molecule has 2 N–H and O–H groups in total. The van der Waals surface area contributed by atoms with Gasteiger partial charge in [-0.1, -0.05) is 62.4 Å². The third-order valence-corrected chi connectivity index (χ3v) is 5.29. The van der Waals surface area contributed by atoms with Gasteiger partial charge in [0.05, 0.1) is 12.1 Å². The van der Waals surface area contributed by atoms with Crippen LogP contribution < -0.4 is 10.1 Å². The lowest BCUT2D eigenvalue weighted by atomic mass is 9.98. The van der Waals surface area contributed by atoms with Crippen molar-refractivity contribution in [2.24, 2.45) is 0 Å². The highest BCUT2D eigenvalue weighted by molar-refractivity contribution is 6.00. The van der Waals surface area contributed by atoms with Crippen LogP contribution in [0.2, 0.25) is 0 Å². The molecule has 4 aromatic rings. The van der Waals surface area contributed by atoms with Crippen LogP contribution in [0.5, 0.6) is 5.75 Å². The SMILES string of the molecule is CC(C)c1ccc(-c2ccc3c(NC(=O)CCCOc4ccccc4)n[nH]c3c2)cc1. The second-order valence-corrected chi connectivity index (χ2v) is 7.92. The molecule has 0 saturated heterocycles. The van der Waals surface area contributed by atoms with E-state index in [-0.39, 0.29) is 5.91 Å². The topological polar surface area (TPSA) is 67.0 Å². The standard InChI is InChI=1S/C26H27N3O2/c1-18(2)19-10-12-20(13-11-19)21-14-15-23-24(17-21)28-29-26(23)27-25(30)9-6-16-31-22-7-4-3-5-8-22/h3-5,7-8,10-15,17-18H,6,9,16H2,1-2H3,(H2,27,28,29,30). The maximum atomic E-state index is 12.3. The first-order chi connectivity index (χ1) is 15.1. The number of amides is 1. The molecule has 0 aliphatic rings. The normalized spacial score (nSPS) is 11.1. The number of hydrogen-bond donors (Lipinski definition) is 2. The summed E-state index contributed by atoms with van der Waals surface area (Å²) in [6, 6.07) is 24.4. The number of ether oxygens (including phenoxy) is 1. The molecular formula is C26H27N3O2. The summed E-state index contributed by atoms with van der Waals surface area (Å²) in [5.74, 6) is 1.82. The molecule has 0 spiro atoms. The molecule has 5 nitrogen and oxygen atoms in total. The minimum absolute atomic E-state index is 0.0709. The molecule has 0 radical (unpaired) electrons. The summed E-state index contributed by atoms with van der Waals surface area (Å²) in [6.45, 7) is 4.88. The van der Waals surface area contributed by atoms with Crippen molar-refractivity contribution in [1.29, 1.82) is 0 Å². The van der Waals surface area contributed by atoms with Crippen LogP contribution in [0.25, 0.3) is 22.0 Å². The molecule has 0 saturated carbocycles. The van der Waals surface area contributed by atoms with E-state index in [4.69, 9.17) is 4.74 Å². The number of nitrogens with zero attached hydrogens (tertiary/aromatic N) is 1. The number of rotatable bonds is 8. The van der Waals surface area contributed by atoms with Crippen LogP contribution in [0.1, 0.15) is 38.2 Å². The predicted molar refractivity (Wildman–Crippen MR) is 125 cm³/mol. The number of hydrogen-bond acceptors (Lipinski definition) is 3. The van der Waals surface area contributed by atoms with Crippen molar-refractivity contribution >= 4 is 22.6 Å². The number of aromatic amines is 1. The number of anilines is 1. The van der Waals surface area contributed by atoms with Crippen LogP contribution in [0.15, 0.2) is 72.8 Å². The van der Waals surface area contributed by atoms with E-state index in [0.29, 0.717) is 31.2 Å². The number of fused-ring (bicyclic) bond motifs is 1. The Balaban J connectivity index is 1.36. The van der Waals surface area contributed by atoms with Crippen LogP contribution in [0, 0.1) is 0 Å². The van der Waals surface area contributed by atoms with Gasteiger partial charge in [0, 0.05) is 11.8 Å². The highest BCUT2D eigenvalue weighted by atomic mass is 16.5. The van der Waals surface area contributed by atoms with E-state index in [9.17, 15) is 4.79 Å². The average Bonchev–Trinajstić information content (AvgIpc) is 3.19. The third-order valence-electron chi connectivity index (χ3n) is 5.29. The minimum atomic E-state index is -0.0709. The molecule has 0 atom stereocenters. The first kappa shape index (κ1) is 20.7. The van der Waals surface area contributed by atoms with Gasteiger partial charge in [0.2, 0.25) is 5.91 Å². The number of nitrogens with one attached hydrogen (secondary N) is 2. The second kappa shape index (κ2) is 9.47. The van der Waals surface area contributed by atoms with E-state index < -0.39 is 0 Å². The summed E-state index contributed by atoms with van der Waals surface area (Å²) >= 11 is 0. The fraction of sp³-hybridized carbons (Fsp3) is 0.231. The second-order valence-electron chi connectivity index (χ2n) is 7.92. The van der Waals surface area contributed by atoms with Crippen LogP contribution in [-0.2, 0) is 4.79 Å².